The van der Waals surface area contributed by atoms with Crippen LogP contribution in [0.1, 0.15) is 21.0 Å². The van der Waals surface area contributed by atoms with Gasteiger partial charge < -0.3 is 10.6 Å². The quantitative estimate of drug-likeness (QED) is 0.344. The molecule has 0 spiro atoms. The van der Waals surface area contributed by atoms with E-state index in [4.69, 9.17) is 0 Å². The number of pyridine rings is 3. The number of hydrogen-bond acceptors (Lipinski definition) is 5. The first-order chi connectivity index (χ1) is 16.0. The summed E-state index contributed by atoms with van der Waals surface area (Å²) in [5.41, 5.74) is 2.93. The van der Waals surface area contributed by atoms with E-state index in [9.17, 15) is 9.59 Å². The monoisotopic (exact) mass is 497 g/mol. The molecule has 8 heteroatoms. The number of rotatable bonds is 4. The Labute approximate surface area is 197 Å². The maximum atomic E-state index is 12.8. The van der Waals surface area contributed by atoms with E-state index < -0.39 is 11.8 Å². The van der Waals surface area contributed by atoms with E-state index in [0.717, 1.165) is 21.8 Å². The van der Waals surface area contributed by atoms with Gasteiger partial charge in [-0.25, -0.2) is 4.98 Å². The summed E-state index contributed by atoms with van der Waals surface area (Å²) in [6.07, 6.45) is 3.16. The number of nitrogens with one attached hydrogen (secondary N) is 2. The van der Waals surface area contributed by atoms with Crippen LogP contribution in [-0.2, 0) is 0 Å². The molecule has 0 aliphatic heterocycles. The summed E-state index contributed by atoms with van der Waals surface area (Å²) >= 11 is 3.36. The molecule has 5 aromatic rings. The zero-order valence-corrected chi connectivity index (χ0v) is 18.7. The van der Waals surface area contributed by atoms with Crippen LogP contribution >= 0.6 is 15.9 Å². The number of halogens is 1. The van der Waals surface area contributed by atoms with Crippen LogP contribution in [0.4, 0.5) is 11.4 Å². The van der Waals surface area contributed by atoms with Crippen LogP contribution in [0.3, 0.4) is 0 Å². The van der Waals surface area contributed by atoms with E-state index in [0.29, 0.717) is 15.8 Å². The van der Waals surface area contributed by atoms with E-state index in [2.05, 4.69) is 41.5 Å². The summed E-state index contributed by atoms with van der Waals surface area (Å²) in [5.74, 6) is -0.899. The van der Waals surface area contributed by atoms with Crippen molar-refractivity contribution in [1.29, 1.82) is 0 Å². The van der Waals surface area contributed by atoms with Gasteiger partial charge in [-0.1, -0.05) is 52.3 Å². The Morgan fingerprint density at radius 1 is 0.667 bits per heavy atom. The summed E-state index contributed by atoms with van der Waals surface area (Å²) in [6, 6.07) is 22.0. The number of aromatic nitrogens is 3. The highest BCUT2D eigenvalue weighted by molar-refractivity contribution is 9.10. The Kier molecular flexibility index (Phi) is 5.50. The SMILES string of the molecule is O=C(Nc1cnc2ccccc2c1)c1cc(Br)cc(C(=O)Nc2cnc3ccccc3c2)n1. The van der Waals surface area contributed by atoms with Gasteiger partial charge in [0.25, 0.3) is 11.8 Å². The van der Waals surface area contributed by atoms with Gasteiger partial charge >= 0.3 is 0 Å². The van der Waals surface area contributed by atoms with Crippen molar-refractivity contribution >= 4 is 60.9 Å². The molecule has 0 bridgehead atoms. The van der Waals surface area contributed by atoms with Crippen molar-refractivity contribution in [2.45, 2.75) is 0 Å². The van der Waals surface area contributed by atoms with Crippen molar-refractivity contribution in [3.8, 4) is 0 Å². The molecule has 2 amide bonds. The molecular weight excluding hydrogens is 482 g/mol. The van der Waals surface area contributed by atoms with Crippen LogP contribution in [0.25, 0.3) is 21.8 Å². The first kappa shape index (κ1) is 20.7. The Hall–Kier alpha value is -4.17. The molecule has 2 aromatic carbocycles. The Morgan fingerprint density at radius 3 is 1.61 bits per heavy atom. The lowest BCUT2D eigenvalue weighted by Crippen LogP contribution is -2.19. The van der Waals surface area contributed by atoms with E-state index in [-0.39, 0.29) is 11.4 Å². The summed E-state index contributed by atoms with van der Waals surface area (Å²) < 4.78 is 0.557. The lowest BCUT2D eigenvalue weighted by Gasteiger charge is -2.09. The number of carbonyl (C=O) groups is 2. The molecule has 0 saturated heterocycles. The number of hydrogen-bond donors (Lipinski definition) is 2. The summed E-state index contributed by atoms with van der Waals surface area (Å²) in [4.78, 5) is 38.6. The molecule has 3 aromatic heterocycles. The Balaban J connectivity index is 1.36. The van der Waals surface area contributed by atoms with Crippen molar-refractivity contribution in [1.82, 2.24) is 15.0 Å². The largest absolute Gasteiger partial charge is 0.319 e. The molecule has 0 fully saturated rings. The number of fused-ring (bicyclic) bond motifs is 2. The van der Waals surface area contributed by atoms with Crippen molar-refractivity contribution in [3.63, 3.8) is 0 Å². The van der Waals surface area contributed by atoms with Crippen LogP contribution in [0.2, 0.25) is 0 Å². The van der Waals surface area contributed by atoms with Crippen LogP contribution in [0, 0.1) is 0 Å². The fourth-order valence-electron chi connectivity index (χ4n) is 3.40. The van der Waals surface area contributed by atoms with Gasteiger partial charge in [0.05, 0.1) is 34.8 Å². The lowest BCUT2D eigenvalue weighted by atomic mass is 10.2. The third-order valence-corrected chi connectivity index (χ3v) is 5.41. The lowest BCUT2D eigenvalue weighted by molar-refractivity contribution is 0.101. The van der Waals surface area contributed by atoms with Gasteiger partial charge in [0.2, 0.25) is 0 Å². The van der Waals surface area contributed by atoms with Gasteiger partial charge in [0.1, 0.15) is 11.4 Å². The molecule has 0 atom stereocenters. The summed E-state index contributed by atoms with van der Waals surface area (Å²) in [6.45, 7) is 0. The minimum atomic E-state index is -0.449. The number of anilines is 2. The highest BCUT2D eigenvalue weighted by atomic mass is 79.9. The maximum Gasteiger partial charge on any atom is 0.274 e. The first-order valence-electron chi connectivity index (χ1n) is 10.0. The molecule has 33 heavy (non-hydrogen) atoms. The zero-order valence-electron chi connectivity index (χ0n) is 17.1. The predicted molar refractivity (Wildman–Crippen MR) is 131 cm³/mol. The molecule has 5 rings (SSSR count). The molecule has 0 saturated carbocycles. The van der Waals surface area contributed by atoms with Crippen LogP contribution in [0.15, 0.2) is 89.7 Å². The molecule has 3 heterocycles. The van der Waals surface area contributed by atoms with Gasteiger partial charge in [-0.15, -0.1) is 0 Å². The molecule has 0 unspecified atom stereocenters. The number of carbonyl (C=O) groups excluding carboxylic acids is 2. The van der Waals surface area contributed by atoms with Crippen molar-refractivity contribution in [3.05, 3.63) is 101 Å². The average molecular weight is 498 g/mol. The average Bonchev–Trinajstić information content (AvgIpc) is 2.83. The van der Waals surface area contributed by atoms with Crippen molar-refractivity contribution in [2.24, 2.45) is 0 Å². The molecule has 0 radical (unpaired) electrons. The zero-order chi connectivity index (χ0) is 22.8. The van der Waals surface area contributed by atoms with E-state index in [1.54, 1.807) is 24.5 Å². The fourth-order valence-corrected chi connectivity index (χ4v) is 3.83. The highest BCUT2D eigenvalue weighted by Gasteiger charge is 2.15. The van der Waals surface area contributed by atoms with Gasteiger partial charge in [-0.2, -0.15) is 0 Å². The molecular formula is C25H16BrN5O2. The molecule has 7 nitrogen and oxygen atoms in total. The molecule has 160 valence electrons. The second-order valence-corrected chi connectivity index (χ2v) is 8.21. The van der Waals surface area contributed by atoms with E-state index in [1.165, 1.54) is 0 Å². The number of nitrogens with zero attached hydrogens (tertiary/aromatic N) is 3. The second-order valence-electron chi connectivity index (χ2n) is 7.30. The van der Waals surface area contributed by atoms with Gasteiger partial charge in [-0.05, 0) is 36.4 Å². The second kappa shape index (κ2) is 8.76. The van der Waals surface area contributed by atoms with Gasteiger partial charge in [-0.3, -0.25) is 19.6 Å². The predicted octanol–water partition coefficient (Wildman–Crippen LogP) is 5.45. The third-order valence-electron chi connectivity index (χ3n) is 4.95. The van der Waals surface area contributed by atoms with Crippen molar-refractivity contribution < 1.29 is 9.59 Å². The Bertz CT molecular complexity index is 1420. The number of benzene rings is 2. The highest BCUT2D eigenvalue weighted by Crippen LogP contribution is 2.20. The first-order valence-corrected chi connectivity index (χ1v) is 10.8. The van der Waals surface area contributed by atoms with Gasteiger partial charge in [0, 0.05) is 15.2 Å². The Morgan fingerprint density at radius 2 is 1.12 bits per heavy atom. The molecule has 0 aliphatic carbocycles. The molecule has 2 N–H and O–H groups in total. The third kappa shape index (κ3) is 4.56. The summed E-state index contributed by atoms with van der Waals surface area (Å²) in [7, 11) is 0. The topological polar surface area (TPSA) is 96.9 Å². The normalized spacial score (nSPS) is 10.8. The van der Waals surface area contributed by atoms with Crippen LogP contribution in [0.5, 0.6) is 0 Å². The van der Waals surface area contributed by atoms with Crippen LogP contribution < -0.4 is 10.6 Å². The number of para-hydroxylation sites is 2. The van der Waals surface area contributed by atoms with E-state index in [1.807, 2.05) is 60.7 Å². The fraction of sp³-hybridized carbons (Fsp3) is 0. The standard InChI is InChI=1S/C25H16BrN5O2/c26-17-11-22(24(32)29-18-9-15-5-1-3-7-20(15)27-13-18)31-23(12-17)25(33)30-19-10-16-6-2-4-8-21(16)28-14-19/h1-14H,(H,29,32)(H,30,33). The maximum absolute atomic E-state index is 12.8. The molecule has 0 aliphatic rings. The minimum Gasteiger partial charge on any atom is -0.319 e. The van der Waals surface area contributed by atoms with Gasteiger partial charge in [0.15, 0.2) is 0 Å². The number of amides is 2. The summed E-state index contributed by atoms with van der Waals surface area (Å²) in [5, 5.41) is 7.38. The van der Waals surface area contributed by atoms with E-state index >= 15 is 0 Å². The smallest absolute Gasteiger partial charge is 0.274 e. The van der Waals surface area contributed by atoms with Crippen LogP contribution in [-0.4, -0.2) is 26.8 Å². The minimum absolute atomic E-state index is 0.0966. The van der Waals surface area contributed by atoms with Crippen molar-refractivity contribution in [2.75, 3.05) is 10.6 Å².